The molecule has 0 radical (unpaired) electrons. The van der Waals surface area contributed by atoms with Crippen LogP contribution in [0.15, 0.2) is 24.3 Å². The van der Waals surface area contributed by atoms with E-state index in [2.05, 4.69) is 19.2 Å². The molecule has 0 heterocycles. The number of nitro benzene ring substituents is 1. The average Bonchev–Trinajstić information content (AvgIpc) is 2.38. The van der Waals surface area contributed by atoms with Crippen molar-refractivity contribution in [2.75, 3.05) is 26.3 Å². The average molecular weight is 266 g/mol. The first-order chi connectivity index (χ1) is 9.09. The molecule has 1 N–H and O–H groups in total. The maximum atomic E-state index is 10.5. The molecule has 0 bridgehead atoms. The molecule has 1 aromatic rings. The van der Waals surface area contributed by atoms with Crippen molar-refractivity contribution in [3.63, 3.8) is 0 Å². The van der Waals surface area contributed by atoms with Gasteiger partial charge in [0.1, 0.15) is 0 Å². The number of nitro groups is 1. The van der Waals surface area contributed by atoms with E-state index in [1.165, 1.54) is 0 Å². The monoisotopic (exact) mass is 266 g/mol. The molecule has 1 aromatic carbocycles. The fourth-order valence-corrected chi connectivity index (χ4v) is 1.61. The van der Waals surface area contributed by atoms with Gasteiger partial charge in [-0.15, -0.1) is 0 Å². The number of nitrogens with zero attached hydrogens (tertiary/aromatic N) is 1. The summed E-state index contributed by atoms with van der Waals surface area (Å²) in [4.78, 5) is 10.1. The molecule has 0 aliphatic rings. The van der Waals surface area contributed by atoms with Gasteiger partial charge in [-0.2, -0.15) is 0 Å². The van der Waals surface area contributed by atoms with Crippen molar-refractivity contribution in [1.82, 2.24) is 5.32 Å². The lowest BCUT2D eigenvalue weighted by Gasteiger charge is -2.08. The molecule has 5 nitrogen and oxygen atoms in total. The zero-order valence-electron chi connectivity index (χ0n) is 11.6. The van der Waals surface area contributed by atoms with Gasteiger partial charge in [0.25, 0.3) is 5.69 Å². The third kappa shape index (κ3) is 6.88. The van der Waals surface area contributed by atoms with E-state index in [1.807, 2.05) is 0 Å². The van der Waals surface area contributed by atoms with Crippen LogP contribution in [0.3, 0.4) is 0 Å². The smallest absolute Gasteiger partial charge is 0.269 e. The third-order valence-corrected chi connectivity index (χ3v) is 2.61. The van der Waals surface area contributed by atoms with Gasteiger partial charge in [0.05, 0.1) is 11.5 Å². The first kappa shape index (κ1) is 15.6. The zero-order chi connectivity index (χ0) is 14.1. The number of nitrogens with one attached hydrogen (secondary N) is 1. The number of benzene rings is 1. The summed E-state index contributed by atoms with van der Waals surface area (Å²) in [6, 6.07) is 6.69. The van der Waals surface area contributed by atoms with Crippen molar-refractivity contribution in [3.05, 3.63) is 39.9 Å². The van der Waals surface area contributed by atoms with Crippen LogP contribution in [-0.4, -0.2) is 31.2 Å². The van der Waals surface area contributed by atoms with E-state index in [1.54, 1.807) is 24.3 Å². The molecule has 0 saturated carbocycles. The largest absolute Gasteiger partial charge is 0.380 e. The van der Waals surface area contributed by atoms with Crippen LogP contribution in [0.2, 0.25) is 0 Å². The quantitative estimate of drug-likeness (QED) is 0.423. The molecular weight excluding hydrogens is 244 g/mol. The van der Waals surface area contributed by atoms with Gasteiger partial charge in [0, 0.05) is 25.3 Å². The zero-order valence-corrected chi connectivity index (χ0v) is 11.6. The van der Waals surface area contributed by atoms with Gasteiger partial charge in [-0.1, -0.05) is 26.0 Å². The topological polar surface area (TPSA) is 64.4 Å². The summed E-state index contributed by atoms with van der Waals surface area (Å²) in [5.74, 6) is 0.570. The summed E-state index contributed by atoms with van der Waals surface area (Å²) < 4.78 is 5.45. The van der Waals surface area contributed by atoms with Gasteiger partial charge in [0.2, 0.25) is 0 Å². The van der Waals surface area contributed by atoms with Crippen molar-refractivity contribution in [2.24, 2.45) is 5.92 Å². The van der Waals surface area contributed by atoms with Crippen molar-refractivity contribution in [1.29, 1.82) is 0 Å². The second-order valence-electron chi connectivity index (χ2n) is 4.89. The minimum Gasteiger partial charge on any atom is -0.380 e. The number of hydrogen-bond acceptors (Lipinski definition) is 4. The lowest BCUT2D eigenvalue weighted by molar-refractivity contribution is -0.384. The summed E-state index contributed by atoms with van der Waals surface area (Å²) in [5.41, 5.74) is 1.24. The van der Waals surface area contributed by atoms with E-state index in [9.17, 15) is 10.1 Å². The van der Waals surface area contributed by atoms with Gasteiger partial charge in [-0.05, 0) is 24.4 Å². The Morgan fingerprint density at radius 3 is 2.53 bits per heavy atom. The maximum Gasteiger partial charge on any atom is 0.269 e. The van der Waals surface area contributed by atoms with E-state index in [-0.39, 0.29) is 10.6 Å². The first-order valence-corrected chi connectivity index (χ1v) is 6.61. The van der Waals surface area contributed by atoms with Crippen LogP contribution in [0.4, 0.5) is 5.69 Å². The Balaban J connectivity index is 2.11. The highest BCUT2D eigenvalue weighted by Crippen LogP contribution is 2.11. The molecule has 0 saturated heterocycles. The molecule has 0 unspecified atom stereocenters. The van der Waals surface area contributed by atoms with Crippen LogP contribution in [-0.2, 0) is 11.2 Å². The summed E-state index contributed by atoms with van der Waals surface area (Å²) in [5, 5.41) is 13.8. The van der Waals surface area contributed by atoms with Crippen molar-refractivity contribution in [2.45, 2.75) is 20.3 Å². The minimum atomic E-state index is -0.381. The standard InChI is InChI=1S/C14H22N2O3/c1-12(2)11-19-10-9-15-8-7-13-3-5-14(6-4-13)16(17)18/h3-6,12,15H,7-11H2,1-2H3. The number of non-ortho nitro benzene ring substituents is 1. The van der Waals surface area contributed by atoms with Crippen LogP contribution in [0.1, 0.15) is 19.4 Å². The highest BCUT2D eigenvalue weighted by molar-refractivity contribution is 5.32. The highest BCUT2D eigenvalue weighted by atomic mass is 16.6. The van der Waals surface area contributed by atoms with Gasteiger partial charge in [0.15, 0.2) is 0 Å². The summed E-state index contributed by atoms with van der Waals surface area (Å²) in [6.07, 6.45) is 0.863. The molecule has 5 heteroatoms. The Morgan fingerprint density at radius 1 is 1.26 bits per heavy atom. The molecule has 0 fully saturated rings. The Morgan fingerprint density at radius 2 is 1.95 bits per heavy atom. The lowest BCUT2D eigenvalue weighted by atomic mass is 10.1. The molecular formula is C14H22N2O3. The molecule has 0 amide bonds. The van der Waals surface area contributed by atoms with Crippen LogP contribution in [0.25, 0.3) is 0 Å². The molecule has 0 aromatic heterocycles. The second kappa shape index (κ2) is 8.61. The van der Waals surface area contributed by atoms with E-state index in [4.69, 9.17) is 4.74 Å². The number of rotatable bonds is 9. The Bertz CT molecular complexity index is 377. The normalized spacial score (nSPS) is 10.9. The van der Waals surface area contributed by atoms with E-state index >= 15 is 0 Å². The van der Waals surface area contributed by atoms with Crippen molar-refractivity contribution in [3.8, 4) is 0 Å². The summed E-state index contributed by atoms with van der Waals surface area (Å²) >= 11 is 0. The fourth-order valence-electron chi connectivity index (χ4n) is 1.61. The van der Waals surface area contributed by atoms with Gasteiger partial charge in [-0.25, -0.2) is 0 Å². The Labute approximate surface area is 114 Å². The lowest BCUT2D eigenvalue weighted by Crippen LogP contribution is -2.23. The van der Waals surface area contributed by atoms with E-state index in [0.29, 0.717) is 5.92 Å². The van der Waals surface area contributed by atoms with Gasteiger partial charge < -0.3 is 10.1 Å². The SMILES string of the molecule is CC(C)COCCNCCc1ccc([N+](=O)[O-])cc1. The van der Waals surface area contributed by atoms with Crippen LogP contribution >= 0.6 is 0 Å². The summed E-state index contributed by atoms with van der Waals surface area (Å²) in [6.45, 7) is 7.45. The minimum absolute atomic E-state index is 0.138. The van der Waals surface area contributed by atoms with Crippen LogP contribution in [0.5, 0.6) is 0 Å². The fraction of sp³-hybridized carbons (Fsp3) is 0.571. The predicted molar refractivity (Wildman–Crippen MR) is 75.3 cm³/mol. The third-order valence-electron chi connectivity index (χ3n) is 2.61. The molecule has 1 rings (SSSR count). The molecule has 0 atom stereocenters. The summed E-state index contributed by atoms with van der Waals surface area (Å²) in [7, 11) is 0. The predicted octanol–water partition coefficient (Wildman–Crippen LogP) is 2.40. The Hall–Kier alpha value is -1.46. The maximum absolute atomic E-state index is 10.5. The molecule has 19 heavy (non-hydrogen) atoms. The number of ether oxygens (including phenoxy) is 1. The first-order valence-electron chi connectivity index (χ1n) is 6.61. The van der Waals surface area contributed by atoms with Gasteiger partial charge in [-0.3, -0.25) is 10.1 Å². The van der Waals surface area contributed by atoms with E-state index in [0.717, 1.165) is 38.3 Å². The van der Waals surface area contributed by atoms with E-state index < -0.39 is 0 Å². The molecule has 106 valence electrons. The highest BCUT2D eigenvalue weighted by Gasteiger charge is 2.03. The van der Waals surface area contributed by atoms with Crippen molar-refractivity contribution >= 4 is 5.69 Å². The molecule has 0 spiro atoms. The van der Waals surface area contributed by atoms with Crippen LogP contribution in [0, 0.1) is 16.0 Å². The van der Waals surface area contributed by atoms with Crippen LogP contribution < -0.4 is 5.32 Å². The second-order valence-corrected chi connectivity index (χ2v) is 4.89. The van der Waals surface area contributed by atoms with Gasteiger partial charge >= 0.3 is 0 Å². The van der Waals surface area contributed by atoms with Crippen molar-refractivity contribution < 1.29 is 9.66 Å². The number of hydrogen-bond donors (Lipinski definition) is 1. The molecule has 0 aliphatic carbocycles. The molecule has 0 aliphatic heterocycles. The Kier molecular flexibility index (Phi) is 7.07.